The van der Waals surface area contributed by atoms with Crippen molar-refractivity contribution < 1.29 is 19.1 Å². The normalized spacial score (nSPS) is 28.1. The van der Waals surface area contributed by atoms with Gasteiger partial charge in [-0.05, 0) is 36.7 Å². The predicted octanol–water partition coefficient (Wildman–Crippen LogP) is 3.02. The first-order chi connectivity index (χ1) is 12.6. The van der Waals surface area contributed by atoms with Crippen LogP contribution in [0.15, 0.2) is 42.5 Å². The molecule has 2 saturated heterocycles. The minimum atomic E-state index is -0.442. The molecule has 136 valence electrons. The SMILES string of the molecule is COC(=O)[C@H]1[C@@H](OC(=O)c2cccc3ccccc23)C[C@@H]2CC[C@H]1N2C. The Labute approximate surface area is 152 Å². The molecule has 0 aromatic heterocycles. The minimum Gasteiger partial charge on any atom is -0.469 e. The molecule has 0 spiro atoms. The fourth-order valence-corrected chi connectivity index (χ4v) is 4.59. The van der Waals surface area contributed by atoms with E-state index in [1.165, 1.54) is 7.11 Å². The number of nitrogens with zero attached hydrogens (tertiary/aromatic N) is 1. The van der Waals surface area contributed by atoms with Crippen LogP contribution in [0.3, 0.4) is 0 Å². The van der Waals surface area contributed by atoms with E-state index in [1.807, 2.05) is 43.4 Å². The summed E-state index contributed by atoms with van der Waals surface area (Å²) in [6.07, 6.45) is 2.19. The molecular weight excluding hydrogens is 330 g/mol. The highest BCUT2D eigenvalue weighted by Crippen LogP contribution is 2.40. The maximum atomic E-state index is 12.9. The summed E-state index contributed by atoms with van der Waals surface area (Å²) in [5.41, 5.74) is 0.540. The van der Waals surface area contributed by atoms with E-state index in [1.54, 1.807) is 6.07 Å². The van der Waals surface area contributed by atoms with Crippen LogP contribution < -0.4 is 0 Å². The average molecular weight is 353 g/mol. The third-order valence-corrected chi connectivity index (χ3v) is 5.96. The first-order valence-corrected chi connectivity index (χ1v) is 9.08. The maximum absolute atomic E-state index is 12.9. The van der Waals surface area contributed by atoms with E-state index in [0.717, 1.165) is 23.6 Å². The van der Waals surface area contributed by atoms with Crippen molar-refractivity contribution in [1.29, 1.82) is 0 Å². The van der Waals surface area contributed by atoms with Gasteiger partial charge < -0.3 is 9.47 Å². The second-order valence-corrected chi connectivity index (χ2v) is 7.22. The van der Waals surface area contributed by atoms with Crippen molar-refractivity contribution in [2.45, 2.75) is 37.5 Å². The van der Waals surface area contributed by atoms with Crippen molar-refractivity contribution in [2.24, 2.45) is 5.92 Å². The quantitative estimate of drug-likeness (QED) is 0.794. The van der Waals surface area contributed by atoms with Crippen molar-refractivity contribution in [3.05, 3.63) is 48.0 Å². The summed E-state index contributed by atoms with van der Waals surface area (Å²) < 4.78 is 10.9. The molecule has 2 aromatic rings. The number of hydrogen-bond donors (Lipinski definition) is 0. The highest BCUT2D eigenvalue weighted by atomic mass is 16.6. The molecule has 0 saturated carbocycles. The van der Waals surface area contributed by atoms with Gasteiger partial charge in [0.1, 0.15) is 12.0 Å². The summed E-state index contributed by atoms with van der Waals surface area (Å²) in [7, 11) is 3.44. The Hall–Kier alpha value is -2.40. The van der Waals surface area contributed by atoms with Gasteiger partial charge in [-0.2, -0.15) is 0 Å². The average Bonchev–Trinajstić information content (AvgIpc) is 2.90. The Morgan fingerprint density at radius 2 is 1.85 bits per heavy atom. The number of carbonyl (C=O) groups is 2. The number of esters is 2. The highest BCUT2D eigenvalue weighted by Gasteiger charge is 2.51. The van der Waals surface area contributed by atoms with Crippen LogP contribution >= 0.6 is 0 Å². The molecule has 2 fully saturated rings. The summed E-state index contributed by atoms with van der Waals surface area (Å²) in [4.78, 5) is 27.6. The van der Waals surface area contributed by atoms with E-state index >= 15 is 0 Å². The lowest BCUT2D eigenvalue weighted by molar-refractivity contribution is -0.156. The fourth-order valence-electron chi connectivity index (χ4n) is 4.59. The van der Waals surface area contributed by atoms with E-state index in [-0.39, 0.29) is 18.0 Å². The highest BCUT2D eigenvalue weighted by molar-refractivity contribution is 6.04. The summed E-state index contributed by atoms with van der Waals surface area (Å²) in [5.74, 6) is -1.09. The molecule has 0 N–H and O–H groups in total. The molecule has 26 heavy (non-hydrogen) atoms. The third kappa shape index (κ3) is 2.76. The largest absolute Gasteiger partial charge is 0.469 e. The zero-order chi connectivity index (χ0) is 18.3. The summed E-state index contributed by atoms with van der Waals surface area (Å²) in [5, 5.41) is 1.86. The van der Waals surface area contributed by atoms with Gasteiger partial charge in [0.25, 0.3) is 0 Å². The molecule has 0 unspecified atom stereocenters. The molecule has 5 nitrogen and oxygen atoms in total. The number of ether oxygens (including phenoxy) is 2. The van der Waals surface area contributed by atoms with Gasteiger partial charge in [0.2, 0.25) is 0 Å². The molecular formula is C21H23NO4. The number of hydrogen-bond acceptors (Lipinski definition) is 5. The van der Waals surface area contributed by atoms with Crippen LogP contribution in [0.25, 0.3) is 10.8 Å². The minimum absolute atomic E-state index is 0.0755. The number of piperidine rings is 1. The number of rotatable bonds is 3. The van der Waals surface area contributed by atoms with Gasteiger partial charge in [-0.1, -0.05) is 36.4 Å². The van der Waals surface area contributed by atoms with Crippen LogP contribution in [0, 0.1) is 5.92 Å². The molecule has 2 aliphatic rings. The summed E-state index contributed by atoms with van der Waals surface area (Å²) in [6, 6.07) is 13.8. The van der Waals surface area contributed by atoms with Gasteiger partial charge in [-0.15, -0.1) is 0 Å². The zero-order valence-corrected chi connectivity index (χ0v) is 15.1. The molecule has 0 aliphatic carbocycles. The van der Waals surface area contributed by atoms with Gasteiger partial charge >= 0.3 is 11.9 Å². The first-order valence-electron chi connectivity index (χ1n) is 9.08. The lowest BCUT2D eigenvalue weighted by atomic mass is 9.87. The van der Waals surface area contributed by atoms with Crippen molar-refractivity contribution in [1.82, 2.24) is 4.90 Å². The van der Waals surface area contributed by atoms with Crippen molar-refractivity contribution >= 4 is 22.7 Å². The van der Waals surface area contributed by atoms with Crippen molar-refractivity contribution in [3.63, 3.8) is 0 Å². The molecule has 2 bridgehead atoms. The van der Waals surface area contributed by atoms with E-state index in [9.17, 15) is 9.59 Å². The van der Waals surface area contributed by atoms with E-state index in [2.05, 4.69) is 4.90 Å². The van der Waals surface area contributed by atoms with Crippen molar-refractivity contribution in [3.8, 4) is 0 Å². The Balaban J connectivity index is 1.62. The Kier molecular flexibility index (Phi) is 4.41. The lowest BCUT2D eigenvalue weighted by Crippen LogP contribution is -2.53. The Morgan fingerprint density at radius 1 is 1.08 bits per heavy atom. The molecule has 5 heteroatoms. The number of fused-ring (bicyclic) bond motifs is 3. The van der Waals surface area contributed by atoms with Crippen LogP contribution in [0.1, 0.15) is 29.6 Å². The molecule has 0 radical (unpaired) electrons. The van der Waals surface area contributed by atoms with E-state index in [0.29, 0.717) is 18.0 Å². The van der Waals surface area contributed by atoms with Crippen LogP contribution in [-0.2, 0) is 14.3 Å². The van der Waals surface area contributed by atoms with Crippen LogP contribution in [0.4, 0.5) is 0 Å². The third-order valence-electron chi connectivity index (χ3n) is 5.96. The van der Waals surface area contributed by atoms with Crippen LogP contribution in [0.5, 0.6) is 0 Å². The topological polar surface area (TPSA) is 55.8 Å². The maximum Gasteiger partial charge on any atom is 0.339 e. The second kappa shape index (κ2) is 6.72. The molecule has 2 aromatic carbocycles. The van der Waals surface area contributed by atoms with E-state index < -0.39 is 12.0 Å². The molecule has 4 atom stereocenters. The van der Waals surface area contributed by atoms with Crippen molar-refractivity contribution in [2.75, 3.05) is 14.2 Å². The molecule has 0 amide bonds. The van der Waals surface area contributed by atoms with Gasteiger partial charge in [0.05, 0.1) is 12.7 Å². The molecule has 2 heterocycles. The monoisotopic (exact) mass is 353 g/mol. The molecule has 2 aliphatic heterocycles. The Bertz CT molecular complexity index is 844. The fraction of sp³-hybridized carbons (Fsp3) is 0.429. The standard InChI is InChI=1S/C21H23NO4/c1-22-14-10-11-17(22)19(21(24)25-2)18(12-14)26-20(23)16-9-5-7-13-6-3-4-8-15(13)16/h3-9,14,17-19H,10-12H2,1-2H3/t14-,17+,18-,19+/m0/s1. The van der Waals surface area contributed by atoms with Gasteiger partial charge in [0.15, 0.2) is 0 Å². The van der Waals surface area contributed by atoms with Crippen LogP contribution in [0.2, 0.25) is 0 Å². The first kappa shape index (κ1) is 17.0. The number of carbonyl (C=O) groups excluding carboxylic acids is 2. The lowest BCUT2D eigenvalue weighted by Gasteiger charge is -2.40. The van der Waals surface area contributed by atoms with Gasteiger partial charge in [-0.3, -0.25) is 9.69 Å². The summed E-state index contributed by atoms with van der Waals surface area (Å²) >= 11 is 0. The molecule has 4 rings (SSSR count). The Morgan fingerprint density at radius 3 is 2.65 bits per heavy atom. The van der Waals surface area contributed by atoms with E-state index in [4.69, 9.17) is 9.47 Å². The summed E-state index contributed by atoms with van der Waals surface area (Å²) in [6.45, 7) is 0. The smallest absolute Gasteiger partial charge is 0.339 e. The van der Waals surface area contributed by atoms with Gasteiger partial charge in [0, 0.05) is 18.5 Å². The number of benzene rings is 2. The van der Waals surface area contributed by atoms with Gasteiger partial charge in [-0.25, -0.2) is 4.79 Å². The number of methoxy groups -OCH3 is 1. The zero-order valence-electron chi connectivity index (χ0n) is 15.1. The predicted molar refractivity (Wildman–Crippen MR) is 97.8 cm³/mol. The van der Waals surface area contributed by atoms with Crippen LogP contribution in [-0.4, -0.2) is 49.2 Å². The second-order valence-electron chi connectivity index (χ2n) is 7.22.